The number of carbonyl (C=O) groups is 7. The molecule has 2 fully saturated rings. The van der Waals surface area contributed by atoms with Crippen LogP contribution in [-0.2, 0) is 49.5 Å². The lowest BCUT2D eigenvalue weighted by Crippen LogP contribution is -2.59. The molecule has 14 nitrogen and oxygen atoms in total. The summed E-state index contributed by atoms with van der Waals surface area (Å²) in [5, 5.41) is 5.49. The van der Waals surface area contributed by atoms with Crippen molar-refractivity contribution in [2.24, 2.45) is 23.2 Å². The highest BCUT2D eigenvalue weighted by molar-refractivity contribution is 5.96. The minimum Gasteiger partial charge on any atom is -0.460 e. The van der Waals surface area contributed by atoms with Crippen LogP contribution in [0.1, 0.15) is 93.1 Å². The lowest BCUT2D eigenvalue weighted by molar-refractivity contribution is -0.172. The number of unbranched alkanes of at least 4 members (excludes halogenated alkanes) is 1. The lowest BCUT2D eigenvalue weighted by atomic mass is 9.82. The highest BCUT2D eigenvalue weighted by Gasteiger charge is 2.46. The summed E-state index contributed by atoms with van der Waals surface area (Å²) < 4.78 is 11.9. The average molecular weight is 794 g/mol. The number of esters is 2. The normalized spacial score (nSPS) is 26.3. The molecule has 0 aromatic heterocycles. The van der Waals surface area contributed by atoms with Gasteiger partial charge < -0.3 is 34.8 Å². The molecule has 2 heterocycles. The Kier molecular flexibility index (Phi) is 16.7. The molecular weight excluding hydrogens is 730 g/mol. The van der Waals surface area contributed by atoms with Crippen molar-refractivity contribution in [2.75, 3.05) is 27.2 Å². The number of hydrogen-bond donors (Lipinski definition) is 2. The number of nitrogens with one attached hydrogen (secondary N) is 2. The van der Waals surface area contributed by atoms with Crippen LogP contribution in [0.5, 0.6) is 0 Å². The Morgan fingerprint density at radius 1 is 0.860 bits per heavy atom. The minimum absolute atomic E-state index is 0.110. The van der Waals surface area contributed by atoms with Crippen LogP contribution in [0.25, 0.3) is 0 Å². The number of fused-ring (bicyclic) bond motifs is 1. The zero-order chi connectivity index (χ0) is 42.8. The fourth-order valence-electron chi connectivity index (χ4n) is 7.40. The second-order valence-electron chi connectivity index (χ2n) is 16.8. The molecule has 2 N–H and O–H groups in total. The van der Waals surface area contributed by atoms with Gasteiger partial charge in [-0.05, 0) is 62.8 Å². The van der Waals surface area contributed by atoms with Gasteiger partial charge in [-0.3, -0.25) is 28.8 Å². The highest BCUT2D eigenvalue weighted by atomic mass is 16.6. The van der Waals surface area contributed by atoms with E-state index in [1.165, 1.54) is 28.8 Å². The first-order valence-corrected chi connectivity index (χ1v) is 20.0. The maximum Gasteiger partial charge on any atom is 0.329 e. The maximum atomic E-state index is 14.3. The van der Waals surface area contributed by atoms with Gasteiger partial charge >= 0.3 is 11.9 Å². The van der Waals surface area contributed by atoms with E-state index in [2.05, 4.69) is 16.6 Å². The van der Waals surface area contributed by atoms with Crippen molar-refractivity contribution in [3.8, 4) is 12.3 Å². The third kappa shape index (κ3) is 11.6. The van der Waals surface area contributed by atoms with E-state index in [0.29, 0.717) is 25.7 Å². The molecule has 6 atom stereocenters. The van der Waals surface area contributed by atoms with Crippen molar-refractivity contribution in [3.63, 3.8) is 0 Å². The van der Waals surface area contributed by atoms with Crippen molar-refractivity contribution in [2.45, 2.75) is 130 Å². The Morgan fingerprint density at radius 2 is 1.51 bits per heavy atom. The van der Waals surface area contributed by atoms with Crippen LogP contribution in [0, 0.1) is 35.5 Å². The van der Waals surface area contributed by atoms with E-state index in [1.807, 2.05) is 30.3 Å². The Bertz CT molecular complexity index is 1650. The number of likely N-dealkylation sites (N-methyl/N-ethyl adjacent to an activating group) is 2. The zero-order valence-corrected chi connectivity index (χ0v) is 35.3. The third-order valence-electron chi connectivity index (χ3n) is 11.0. The second-order valence-corrected chi connectivity index (χ2v) is 16.8. The summed E-state index contributed by atoms with van der Waals surface area (Å²) in [6.45, 7) is 13.3. The number of ether oxygens (including phenoxy) is 2. The van der Waals surface area contributed by atoms with Crippen molar-refractivity contribution < 1.29 is 43.0 Å². The monoisotopic (exact) mass is 793 g/mol. The van der Waals surface area contributed by atoms with Crippen molar-refractivity contribution in [3.05, 3.63) is 35.9 Å². The Hall–Kier alpha value is -4.93. The molecule has 5 amide bonds. The number of hydrogen-bond acceptors (Lipinski definition) is 9. The predicted octanol–water partition coefficient (Wildman–Crippen LogP) is 3.11. The van der Waals surface area contributed by atoms with Crippen LogP contribution in [-0.4, -0.2) is 120 Å². The van der Waals surface area contributed by atoms with Crippen LogP contribution in [0.3, 0.4) is 0 Å². The summed E-state index contributed by atoms with van der Waals surface area (Å²) in [6.07, 6.45) is 5.16. The van der Waals surface area contributed by atoms with Gasteiger partial charge in [0.1, 0.15) is 36.8 Å². The number of rotatable bonds is 8. The summed E-state index contributed by atoms with van der Waals surface area (Å²) in [5.41, 5.74) is -0.620. The molecule has 57 heavy (non-hydrogen) atoms. The van der Waals surface area contributed by atoms with Gasteiger partial charge in [0, 0.05) is 33.5 Å². The molecule has 314 valence electrons. The molecular formula is C43H63N5O9. The highest BCUT2D eigenvalue weighted by Crippen LogP contribution is 2.30. The van der Waals surface area contributed by atoms with E-state index >= 15 is 0 Å². The van der Waals surface area contributed by atoms with E-state index in [0.717, 1.165) is 5.56 Å². The van der Waals surface area contributed by atoms with Gasteiger partial charge in [-0.2, -0.15) is 0 Å². The number of carbonyl (C=O) groups excluding carboxylic acids is 7. The fraction of sp³-hybridized carbons (Fsp3) is 0.651. The molecule has 0 aliphatic carbocycles. The van der Waals surface area contributed by atoms with E-state index in [4.69, 9.17) is 15.9 Å². The first kappa shape index (κ1) is 46.5. The number of cyclic esters (lactones) is 2. The number of nitrogens with zero attached hydrogens (tertiary/aromatic N) is 3. The molecule has 1 aromatic carbocycles. The van der Waals surface area contributed by atoms with Crippen molar-refractivity contribution >= 4 is 41.5 Å². The molecule has 14 heteroatoms. The molecule has 0 spiro atoms. The fourth-order valence-corrected chi connectivity index (χ4v) is 7.40. The molecule has 2 aliphatic rings. The van der Waals surface area contributed by atoms with Crippen LogP contribution >= 0.6 is 0 Å². The van der Waals surface area contributed by atoms with Gasteiger partial charge in [-0.15, -0.1) is 12.3 Å². The average Bonchev–Trinajstić information content (AvgIpc) is 3.65. The second kappa shape index (κ2) is 20.5. The van der Waals surface area contributed by atoms with Crippen LogP contribution < -0.4 is 10.6 Å². The van der Waals surface area contributed by atoms with Gasteiger partial charge in [0.15, 0.2) is 6.10 Å². The van der Waals surface area contributed by atoms with Gasteiger partial charge in [0.05, 0.1) is 5.41 Å². The van der Waals surface area contributed by atoms with Crippen LogP contribution in [0.4, 0.5) is 0 Å². The quantitative estimate of drug-likeness (QED) is 0.228. The van der Waals surface area contributed by atoms with Gasteiger partial charge in [0.25, 0.3) is 5.91 Å². The van der Waals surface area contributed by atoms with Crippen molar-refractivity contribution in [1.82, 2.24) is 25.3 Å². The lowest BCUT2D eigenvalue weighted by Gasteiger charge is -2.38. The standard InChI is InChI=1S/C43H63N5O9/c1-12-13-15-22-32-43(8,9)42(55)45-34(26(2)3)39(52)47(11)35(27(4)5)41(54)57-36(28(6)7)40(53)48-23-18-21-30(48)38(51)46(10)31(24-29-19-16-14-17-20-29)37(50)44-25-33(49)56-32/h1,14,16-17,19-20,26-28,30-32,34-36H,13,15,18,21-25H2,2-11H3,(H,44,50)(H,45,55)/t30-,31-,32-,34-,35-,36-/m0/s1. The molecule has 1 aromatic rings. The SMILES string of the molecule is C#CCCC[C@@H]1OC(=O)CNC(=O)[C@H](Cc2ccccc2)N(C)C(=O)[C@@H]2CCCN2C(=O)[C@H](C(C)C)OC(=O)[C@H](C(C)C)N(C)C(=O)[C@H](C(C)C)NC(=O)C1(C)C. The van der Waals surface area contributed by atoms with Crippen LogP contribution in [0.2, 0.25) is 0 Å². The smallest absolute Gasteiger partial charge is 0.329 e. The van der Waals surface area contributed by atoms with Gasteiger partial charge in [-0.1, -0.05) is 71.9 Å². The summed E-state index contributed by atoms with van der Waals surface area (Å²) in [6, 6.07) is 4.85. The van der Waals surface area contributed by atoms with Gasteiger partial charge in [0.2, 0.25) is 23.6 Å². The molecule has 0 radical (unpaired) electrons. The van der Waals surface area contributed by atoms with E-state index in [-0.39, 0.29) is 19.4 Å². The molecule has 3 rings (SSSR count). The minimum atomic E-state index is -1.38. The molecule has 0 bridgehead atoms. The molecule has 2 saturated heterocycles. The van der Waals surface area contributed by atoms with E-state index in [1.54, 1.807) is 55.4 Å². The number of amides is 5. The zero-order valence-electron chi connectivity index (χ0n) is 35.3. The maximum absolute atomic E-state index is 14.3. The van der Waals surface area contributed by atoms with E-state index < -0.39 is 108 Å². The topological polar surface area (TPSA) is 172 Å². The Balaban J connectivity index is 2.14. The largest absolute Gasteiger partial charge is 0.460 e. The van der Waals surface area contributed by atoms with E-state index in [9.17, 15) is 33.6 Å². The summed E-state index contributed by atoms with van der Waals surface area (Å²) in [7, 11) is 2.95. The number of benzene rings is 1. The molecule has 0 saturated carbocycles. The Morgan fingerprint density at radius 3 is 2.09 bits per heavy atom. The first-order chi connectivity index (χ1) is 26.7. The predicted molar refractivity (Wildman–Crippen MR) is 214 cm³/mol. The summed E-state index contributed by atoms with van der Waals surface area (Å²) >= 11 is 0. The van der Waals surface area contributed by atoms with Gasteiger partial charge in [-0.25, -0.2) is 4.79 Å². The first-order valence-electron chi connectivity index (χ1n) is 20.0. The molecule has 2 aliphatic heterocycles. The summed E-state index contributed by atoms with van der Waals surface area (Å²) in [4.78, 5) is 102. The summed E-state index contributed by atoms with van der Waals surface area (Å²) in [5.74, 6) is -3.24. The number of terminal acetylenes is 1. The Labute approximate surface area is 338 Å². The molecule has 0 unspecified atom stereocenters. The van der Waals surface area contributed by atoms with Crippen molar-refractivity contribution in [1.29, 1.82) is 0 Å². The van der Waals surface area contributed by atoms with Crippen LogP contribution in [0.15, 0.2) is 30.3 Å². The third-order valence-corrected chi connectivity index (χ3v) is 11.0.